The van der Waals surface area contributed by atoms with Gasteiger partial charge in [-0.1, -0.05) is 66.7 Å². The molecule has 1 heterocycles. The van der Waals surface area contributed by atoms with E-state index in [1.807, 2.05) is 60.0 Å². The van der Waals surface area contributed by atoms with E-state index in [-0.39, 0.29) is 16.1 Å². The Labute approximate surface area is 217 Å². The lowest BCUT2D eigenvalue weighted by molar-refractivity contribution is 0.102. The van der Waals surface area contributed by atoms with Gasteiger partial charge in [0.25, 0.3) is 15.9 Å². The molecule has 0 aliphatic carbocycles. The first-order chi connectivity index (χ1) is 17.9. The number of nitrogens with one attached hydrogen (secondary N) is 2. The summed E-state index contributed by atoms with van der Waals surface area (Å²) >= 11 is 1.27. The van der Waals surface area contributed by atoms with Crippen molar-refractivity contribution in [3.05, 3.63) is 120 Å². The van der Waals surface area contributed by atoms with Crippen LogP contribution in [0.15, 0.2) is 113 Å². The van der Waals surface area contributed by atoms with Gasteiger partial charge in [0, 0.05) is 10.9 Å². The highest BCUT2D eigenvalue weighted by atomic mass is 32.2. The van der Waals surface area contributed by atoms with Crippen LogP contribution in [0, 0.1) is 5.82 Å². The van der Waals surface area contributed by atoms with E-state index < -0.39 is 21.7 Å². The molecule has 184 valence electrons. The number of hydrogen-bond donors (Lipinski definition) is 2. The molecule has 5 rings (SSSR count). The van der Waals surface area contributed by atoms with Crippen molar-refractivity contribution in [2.24, 2.45) is 0 Å². The first-order valence-corrected chi connectivity index (χ1v) is 13.6. The van der Waals surface area contributed by atoms with Crippen molar-refractivity contribution in [3.63, 3.8) is 0 Å². The Morgan fingerprint density at radius 1 is 0.757 bits per heavy atom. The molecule has 0 saturated heterocycles. The Balaban J connectivity index is 1.32. The number of anilines is 2. The van der Waals surface area contributed by atoms with Gasteiger partial charge < -0.3 is 0 Å². The summed E-state index contributed by atoms with van der Waals surface area (Å²) < 4.78 is 41.1. The molecule has 0 radical (unpaired) electrons. The Morgan fingerprint density at radius 3 is 2.11 bits per heavy atom. The highest BCUT2D eigenvalue weighted by Crippen LogP contribution is 2.29. The quantitative estimate of drug-likeness (QED) is 0.247. The molecule has 0 unspecified atom stereocenters. The summed E-state index contributed by atoms with van der Waals surface area (Å²) in [5.41, 5.74) is 4.05. The van der Waals surface area contributed by atoms with Crippen molar-refractivity contribution < 1.29 is 17.6 Å². The molecule has 6 nitrogen and oxygen atoms in total. The fourth-order valence-electron chi connectivity index (χ4n) is 3.68. The number of thiazole rings is 1. The van der Waals surface area contributed by atoms with Crippen molar-refractivity contribution in [2.75, 3.05) is 10.0 Å². The third-order valence-corrected chi connectivity index (χ3v) is 7.69. The number of carbonyl (C=O) groups excluding carboxylic acids is 1. The average Bonchev–Trinajstić information content (AvgIpc) is 3.38. The smallest absolute Gasteiger partial charge is 0.261 e. The highest BCUT2D eigenvalue weighted by molar-refractivity contribution is 7.92. The zero-order chi connectivity index (χ0) is 25.8. The Hall–Kier alpha value is -4.34. The predicted molar refractivity (Wildman–Crippen MR) is 145 cm³/mol. The second-order valence-corrected chi connectivity index (χ2v) is 10.6. The molecule has 1 amide bonds. The van der Waals surface area contributed by atoms with Gasteiger partial charge in [0.1, 0.15) is 5.82 Å². The van der Waals surface area contributed by atoms with Gasteiger partial charge in [-0.3, -0.25) is 14.8 Å². The van der Waals surface area contributed by atoms with E-state index in [9.17, 15) is 17.6 Å². The molecule has 0 aliphatic heterocycles. The van der Waals surface area contributed by atoms with Crippen molar-refractivity contribution in [3.8, 4) is 22.4 Å². The maximum Gasteiger partial charge on any atom is 0.261 e. The third kappa shape index (κ3) is 5.58. The number of aromatic nitrogens is 1. The summed E-state index contributed by atoms with van der Waals surface area (Å²) in [6, 6.07) is 28.7. The van der Waals surface area contributed by atoms with Gasteiger partial charge in [0.15, 0.2) is 5.13 Å². The van der Waals surface area contributed by atoms with Crippen LogP contribution >= 0.6 is 11.3 Å². The molecule has 0 atom stereocenters. The number of rotatable bonds is 7. The molecule has 4 aromatic carbocycles. The highest BCUT2D eigenvalue weighted by Gasteiger charge is 2.19. The van der Waals surface area contributed by atoms with Gasteiger partial charge in [-0.05, 0) is 47.5 Å². The lowest BCUT2D eigenvalue weighted by Crippen LogP contribution is -2.18. The molecule has 0 saturated carbocycles. The van der Waals surface area contributed by atoms with E-state index in [0.717, 1.165) is 41.0 Å². The molecule has 0 bridgehead atoms. The fourth-order valence-corrected chi connectivity index (χ4v) is 5.47. The molecular weight excluding hydrogens is 509 g/mol. The summed E-state index contributed by atoms with van der Waals surface area (Å²) in [4.78, 5) is 17.4. The second kappa shape index (κ2) is 10.3. The number of nitrogens with zero attached hydrogens (tertiary/aromatic N) is 1. The lowest BCUT2D eigenvalue weighted by Gasteiger charge is -2.12. The number of halogens is 1. The molecule has 1 aromatic heterocycles. The number of hydrogen-bond acceptors (Lipinski definition) is 5. The van der Waals surface area contributed by atoms with Crippen LogP contribution in [0.1, 0.15) is 10.4 Å². The topological polar surface area (TPSA) is 88.2 Å². The predicted octanol–water partition coefficient (Wildman–Crippen LogP) is 6.67. The van der Waals surface area contributed by atoms with Crippen LogP contribution in [0.3, 0.4) is 0 Å². The molecule has 5 aromatic rings. The molecule has 2 N–H and O–H groups in total. The molecule has 0 spiro atoms. The lowest BCUT2D eigenvalue weighted by atomic mass is 10.0. The van der Waals surface area contributed by atoms with Crippen molar-refractivity contribution in [2.45, 2.75) is 4.90 Å². The maximum absolute atomic E-state index is 13.2. The van der Waals surface area contributed by atoms with Crippen LogP contribution in [0.4, 0.5) is 15.2 Å². The van der Waals surface area contributed by atoms with E-state index in [0.29, 0.717) is 10.8 Å². The van der Waals surface area contributed by atoms with Crippen LogP contribution in [-0.2, 0) is 10.0 Å². The Morgan fingerprint density at radius 2 is 1.38 bits per heavy atom. The molecule has 37 heavy (non-hydrogen) atoms. The SMILES string of the molecule is O=C(Nc1nc(-c2ccc(-c3ccccc3)cc2)cs1)c1ccccc1NS(=O)(=O)c1ccc(F)cc1. The monoisotopic (exact) mass is 529 g/mol. The minimum Gasteiger partial charge on any atom is -0.298 e. The van der Waals surface area contributed by atoms with Crippen LogP contribution < -0.4 is 10.0 Å². The van der Waals surface area contributed by atoms with Crippen LogP contribution in [0.5, 0.6) is 0 Å². The Bertz CT molecular complexity index is 1650. The van der Waals surface area contributed by atoms with Crippen LogP contribution in [-0.4, -0.2) is 19.3 Å². The molecule has 9 heteroatoms. The zero-order valence-electron chi connectivity index (χ0n) is 19.3. The average molecular weight is 530 g/mol. The minimum atomic E-state index is -4.02. The summed E-state index contributed by atoms with van der Waals surface area (Å²) in [5.74, 6) is -1.06. The largest absolute Gasteiger partial charge is 0.298 e. The van der Waals surface area contributed by atoms with E-state index >= 15 is 0 Å². The maximum atomic E-state index is 13.2. The third-order valence-electron chi connectivity index (χ3n) is 5.55. The summed E-state index contributed by atoms with van der Waals surface area (Å²) in [5, 5.41) is 4.96. The van der Waals surface area contributed by atoms with Gasteiger partial charge in [-0.2, -0.15) is 0 Å². The minimum absolute atomic E-state index is 0.0950. The first kappa shape index (κ1) is 24.4. The van der Waals surface area contributed by atoms with Crippen molar-refractivity contribution in [1.29, 1.82) is 0 Å². The van der Waals surface area contributed by atoms with Crippen LogP contribution in [0.25, 0.3) is 22.4 Å². The molecule has 0 aliphatic rings. The van der Waals surface area contributed by atoms with Crippen molar-refractivity contribution >= 4 is 38.1 Å². The fraction of sp³-hybridized carbons (Fsp3) is 0. The molecule has 0 fully saturated rings. The number of carbonyl (C=O) groups is 1. The van der Waals surface area contributed by atoms with E-state index in [2.05, 4.69) is 15.0 Å². The van der Waals surface area contributed by atoms with E-state index in [1.54, 1.807) is 12.1 Å². The zero-order valence-corrected chi connectivity index (χ0v) is 20.9. The number of benzene rings is 4. The van der Waals surface area contributed by atoms with E-state index in [4.69, 9.17) is 0 Å². The van der Waals surface area contributed by atoms with Gasteiger partial charge >= 0.3 is 0 Å². The standard InChI is InChI=1S/C28H20FN3O3S2/c29-22-14-16-23(17-15-22)37(34,35)32-25-9-5-4-8-24(25)27(33)31-28-30-26(18-36-28)21-12-10-20(11-13-21)19-6-2-1-3-7-19/h1-18,32H,(H,30,31,33). The summed E-state index contributed by atoms with van der Waals surface area (Å²) in [6.07, 6.45) is 0. The number of para-hydroxylation sites is 1. The van der Waals surface area contributed by atoms with Crippen LogP contribution in [0.2, 0.25) is 0 Å². The summed E-state index contributed by atoms with van der Waals surface area (Å²) in [6.45, 7) is 0. The van der Waals surface area contributed by atoms with E-state index in [1.165, 1.54) is 23.5 Å². The van der Waals surface area contributed by atoms with Crippen molar-refractivity contribution in [1.82, 2.24) is 4.98 Å². The Kier molecular flexibility index (Phi) is 6.80. The van der Waals surface area contributed by atoms with Gasteiger partial charge in [-0.25, -0.2) is 17.8 Å². The summed E-state index contributed by atoms with van der Waals surface area (Å²) in [7, 11) is -4.02. The first-order valence-electron chi connectivity index (χ1n) is 11.2. The van der Waals surface area contributed by atoms with Gasteiger partial charge in [-0.15, -0.1) is 11.3 Å². The number of amides is 1. The second-order valence-electron chi connectivity index (χ2n) is 8.04. The van der Waals surface area contributed by atoms with Gasteiger partial charge in [0.05, 0.1) is 21.8 Å². The number of sulfonamides is 1. The normalized spacial score (nSPS) is 11.2. The molecular formula is C28H20FN3O3S2. The van der Waals surface area contributed by atoms with Gasteiger partial charge in [0.2, 0.25) is 0 Å².